The van der Waals surface area contributed by atoms with Crippen LogP contribution in [0.3, 0.4) is 0 Å². The first-order chi connectivity index (χ1) is 4.61. The summed E-state index contributed by atoms with van der Waals surface area (Å²) in [6.45, 7) is 6.61. The first-order valence-corrected chi connectivity index (χ1v) is 3.58. The Morgan fingerprint density at radius 1 is 1.70 bits per heavy atom. The van der Waals surface area contributed by atoms with E-state index in [0.29, 0.717) is 0 Å². The van der Waals surface area contributed by atoms with Crippen molar-refractivity contribution < 1.29 is 9.53 Å². The van der Waals surface area contributed by atoms with Gasteiger partial charge >= 0.3 is 6.09 Å². The second kappa shape index (κ2) is 2.48. The highest BCUT2D eigenvalue weighted by Crippen LogP contribution is 2.12. The summed E-state index contributed by atoms with van der Waals surface area (Å²) in [6, 6.07) is 0.262. The van der Waals surface area contributed by atoms with Crippen LogP contribution >= 0.6 is 0 Å². The molecule has 0 unspecified atom stereocenters. The molecule has 1 fully saturated rings. The minimum Gasteiger partial charge on any atom is -0.444 e. The molecule has 1 aliphatic heterocycles. The Hall–Kier alpha value is -0.730. The molecule has 10 heavy (non-hydrogen) atoms. The lowest BCUT2D eigenvalue weighted by molar-refractivity contribution is 0.135. The van der Waals surface area contributed by atoms with E-state index in [9.17, 15) is 4.79 Å². The number of hydrogen-bond acceptors (Lipinski definition) is 2. The van der Waals surface area contributed by atoms with E-state index in [1.54, 1.807) is 4.90 Å². The first-order valence-electron chi connectivity index (χ1n) is 3.58. The van der Waals surface area contributed by atoms with Crippen molar-refractivity contribution in [3.8, 4) is 0 Å². The van der Waals surface area contributed by atoms with Gasteiger partial charge in [-0.05, 0) is 20.8 Å². The van der Waals surface area contributed by atoms with Gasteiger partial charge in [0.15, 0.2) is 0 Å². The summed E-state index contributed by atoms with van der Waals surface area (Å²) in [5, 5.41) is 0. The van der Waals surface area contributed by atoms with Crippen molar-refractivity contribution in [2.45, 2.75) is 32.9 Å². The molecule has 0 bridgehead atoms. The molecule has 0 spiro atoms. The van der Waals surface area contributed by atoms with Gasteiger partial charge in [0, 0.05) is 6.04 Å². The molecule has 1 heterocycles. The van der Waals surface area contributed by atoms with E-state index in [2.05, 4.69) is 0 Å². The molecule has 1 amide bonds. The summed E-state index contributed by atoms with van der Waals surface area (Å²) in [6.07, 6.45) is -0.114. The topological polar surface area (TPSA) is 29.5 Å². The predicted octanol–water partition coefficient (Wildman–Crippen LogP) is 1.24. The number of hydrogen-bond donors (Lipinski definition) is 0. The van der Waals surface area contributed by atoms with Crippen LogP contribution in [0.25, 0.3) is 0 Å². The Morgan fingerprint density at radius 2 is 2.30 bits per heavy atom. The summed E-state index contributed by atoms with van der Waals surface area (Å²) in [7, 11) is 0. The molecule has 0 aromatic carbocycles. The highest BCUT2D eigenvalue weighted by atomic mass is 16.6. The molecular weight excluding hydrogens is 130 g/mol. The SMILES string of the molecule is CC(C)N1C[C@H](C)OC1=O. The van der Waals surface area contributed by atoms with E-state index in [1.165, 1.54) is 0 Å². The Bertz CT molecular complexity index is 145. The molecule has 58 valence electrons. The minimum absolute atomic E-state index is 0.0647. The molecule has 0 aliphatic carbocycles. The van der Waals surface area contributed by atoms with Gasteiger partial charge in [0.05, 0.1) is 6.54 Å². The molecule has 0 N–H and O–H groups in total. The van der Waals surface area contributed by atoms with Gasteiger partial charge in [-0.15, -0.1) is 0 Å². The number of ether oxygens (including phenoxy) is 1. The van der Waals surface area contributed by atoms with Gasteiger partial charge in [0.1, 0.15) is 6.10 Å². The lowest BCUT2D eigenvalue weighted by atomic mass is 10.3. The Morgan fingerprint density at radius 3 is 2.50 bits per heavy atom. The number of carbonyl (C=O) groups excluding carboxylic acids is 1. The van der Waals surface area contributed by atoms with Gasteiger partial charge in [-0.25, -0.2) is 4.79 Å². The molecule has 1 saturated heterocycles. The van der Waals surface area contributed by atoms with Crippen LogP contribution in [0.5, 0.6) is 0 Å². The molecule has 0 aromatic heterocycles. The molecule has 0 saturated carbocycles. The third kappa shape index (κ3) is 1.23. The van der Waals surface area contributed by atoms with Crippen molar-refractivity contribution in [1.29, 1.82) is 0 Å². The maximum Gasteiger partial charge on any atom is 0.410 e. The van der Waals surface area contributed by atoms with Gasteiger partial charge in [-0.1, -0.05) is 0 Å². The van der Waals surface area contributed by atoms with E-state index < -0.39 is 0 Å². The van der Waals surface area contributed by atoms with Gasteiger partial charge in [-0.2, -0.15) is 0 Å². The average Bonchev–Trinajstić information content (AvgIpc) is 2.10. The summed E-state index contributed by atoms with van der Waals surface area (Å²) >= 11 is 0. The highest BCUT2D eigenvalue weighted by molar-refractivity contribution is 5.70. The number of rotatable bonds is 1. The van der Waals surface area contributed by atoms with Crippen molar-refractivity contribution in [3.05, 3.63) is 0 Å². The summed E-state index contributed by atoms with van der Waals surface area (Å²) in [4.78, 5) is 12.7. The largest absolute Gasteiger partial charge is 0.444 e. The van der Waals surface area contributed by atoms with Gasteiger partial charge in [-0.3, -0.25) is 0 Å². The summed E-state index contributed by atoms with van der Waals surface area (Å²) < 4.78 is 4.92. The zero-order chi connectivity index (χ0) is 7.72. The third-order valence-electron chi connectivity index (χ3n) is 1.61. The normalized spacial score (nSPS) is 25.8. The Kier molecular flexibility index (Phi) is 1.83. The fourth-order valence-corrected chi connectivity index (χ4v) is 1.05. The lowest BCUT2D eigenvalue weighted by Gasteiger charge is -2.16. The minimum atomic E-state index is -0.178. The van der Waals surface area contributed by atoms with Crippen molar-refractivity contribution in [3.63, 3.8) is 0 Å². The van der Waals surface area contributed by atoms with Crippen LogP contribution in [0.2, 0.25) is 0 Å². The Balaban J connectivity index is 2.55. The molecule has 1 rings (SSSR count). The Labute approximate surface area is 61.0 Å². The molecule has 0 aromatic rings. The second-order valence-corrected chi connectivity index (χ2v) is 2.94. The van der Waals surface area contributed by atoms with Gasteiger partial charge in [0.25, 0.3) is 0 Å². The number of cyclic esters (lactones) is 1. The van der Waals surface area contributed by atoms with E-state index in [1.807, 2.05) is 20.8 Å². The fourth-order valence-electron chi connectivity index (χ4n) is 1.05. The van der Waals surface area contributed by atoms with Gasteiger partial charge < -0.3 is 9.64 Å². The van der Waals surface area contributed by atoms with Gasteiger partial charge in [0.2, 0.25) is 0 Å². The predicted molar refractivity (Wildman–Crippen MR) is 37.8 cm³/mol. The molecule has 1 atom stereocenters. The van der Waals surface area contributed by atoms with Crippen LogP contribution in [-0.4, -0.2) is 29.7 Å². The number of amides is 1. The highest BCUT2D eigenvalue weighted by Gasteiger charge is 2.29. The third-order valence-corrected chi connectivity index (χ3v) is 1.61. The van der Waals surface area contributed by atoms with E-state index in [0.717, 1.165) is 6.54 Å². The molecule has 0 radical (unpaired) electrons. The van der Waals surface area contributed by atoms with Crippen LogP contribution in [0.15, 0.2) is 0 Å². The molecule has 3 heteroatoms. The van der Waals surface area contributed by atoms with Crippen molar-refractivity contribution in [2.75, 3.05) is 6.54 Å². The van der Waals surface area contributed by atoms with Crippen LogP contribution in [0.4, 0.5) is 4.79 Å². The fraction of sp³-hybridized carbons (Fsp3) is 0.857. The zero-order valence-corrected chi connectivity index (χ0v) is 6.63. The maximum absolute atomic E-state index is 10.9. The standard InChI is InChI=1S/C7H13NO2/c1-5(2)8-4-6(3)10-7(8)9/h5-6H,4H2,1-3H3/t6-/m0/s1. The van der Waals surface area contributed by atoms with Crippen LogP contribution in [0.1, 0.15) is 20.8 Å². The van der Waals surface area contributed by atoms with E-state index >= 15 is 0 Å². The smallest absolute Gasteiger partial charge is 0.410 e. The molecular formula is C7H13NO2. The van der Waals surface area contributed by atoms with Crippen LogP contribution in [0, 0.1) is 0 Å². The number of carbonyl (C=O) groups is 1. The number of nitrogens with zero attached hydrogens (tertiary/aromatic N) is 1. The maximum atomic E-state index is 10.9. The first kappa shape index (κ1) is 7.38. The molecule has 1 aliphatic rings. The quantitative estimate of drug-likeness (QED) is 0.552. The monoisotopic (exact) mass is 143 g/mol. The van der Waals surface area contributed by atoms with E-state index in [4.69, 9.17) is 4.74 Å². The van der Waals surface area contributed by atoms with Crippen LogP contribution < -0.4 is 0 Å². The van der Waals surface area contributed by atoms with Crippen molar-refractivity contribution in [2.24, 2.45) is 0 Å². The van der Waals surface area contributed by atoms with Crippen molar-refractivity contribution >= 4 is 6.09 Å². The summed E-state index contributed by atoms with van der Waals surface area (Å²) in [5.41, 5.74) is 0. The zero-order valence-electron chi connectivity index (χ0n) is 6.63. The lowest BCUT2D eigenvalue weighted by Crippen LogP contribution is -2.31. The molecule has 3 nitrogen and oxygen atoms in total. The van der Waals surface area contributed by atoms with E-state index in [-0.39, 0.29) is 18.2 Å². The summed E-state index contributed by atoms with van der Waals surface area (Å²) in [5.74, 6) is 0. The average molecular weight is 143 g/mol. The van der Waals surface area contributed by atoms with Crippen LogP contribution in [-0.2, 0) is 4.74 Å². The van der Waals surface area contributed by atoms with Crippen molar-refractivity contribution in [1.82, 2.24) is 4.90 Å². The second-order valence-electron chi connectivity index (χ2n) is 2.94.